The van der Waals surface area contributed by atoms with Gasteiger partial charge in [0.25, 0.3) is 5.91 Å². The fourth-order valence-electron chi connectivity index (χ4n) is 1.39. The molecule has 5 heteroatoms. The van der Waals surface area contributed by atoms with Crippen molar-refractivity contribution in [1.29, 1.82) is 0 Å². The lowest BCUT2D eigenvalue weighted by atomic mass is 10.2. The first-order chi connectivity index (χ1) is 7.16. The number of nitrogen functional groups attached to an aromatic ring is 1. The molecule has 1 aromatic heterocycles. The number of pyridine rings is 1. The van der Waals surface area contributed by atoms with E-state index in [9.17, 15) is 4.79 Å². The number of primary amides is 1. The van der Waals surface area contributed by atoms with Crippen molar-refractivity contribution in [2.75, 3.05) is 17.6 Å². The number of carbonyl (C=O) groups excluding carboxylic acids is 1. The normalized spacial score (nSPS) is 14.9. The smallest absolute Gasteiger partial charge is 0.250 e. The molecule has 0 aliphatic heterocycles. The van der Waals surface area contributed by atoms with Gasteiger partial charge in [-0.3, -0.25) is 4.79 Å². The molecule has 1 aromatic rings. The molecular weight excluding hydrogens is 192 g/mol. The molecule has 0 radical (unpaired) electrons. The molecule has 0 saturated heterocycles. The van der Waals surface area contributed by atoms with Gasteiger partial charge in [0.1, 0.15) is 5.82 Å². The van der Waals surface area contributed by atoms with Gasteiger partial charge in [-0.25, -0.2) is 4.98 Å². The van der Waals surface area contributed by atoms with Crippen LogP contribution in [-0.2, 0) is 0 Å². The molecule has 0 aromatic carbocycles. The number of carbonyl (C=O) groups is 1. The molecule has 5 N–H and O–H groups in total. The fourth-order valence-corrected chi connectivity index (χ4v) is 1.39. The van der Waals surface area contributed by atoms with Crippen molar-refractivity contribution in [3.8, 4) is 0 Å². The third-order valence-corrected chi connectivity index (χ3v) is 2.47. The molecule has 1 fully saturated rings. The van der Waals surface area contributed by atoms with Gasteiger partial charge in [-0.1, -0.05) is 0 Å². The number of anilines is 2. The molecule has 5 nitrogen and oxygen atoms in total. The summed E-state index contributed by atoms with van der Waals surface area (Å²) >= 11 is 0. The Hall–Kier alpha value is -1.78. The number of aromatic nitrogens is 1. The highest BCUT2D eigenvalue weighted by molar-refractivity contribution is 5.98. The van der Waals surface area contributed by atoms with Crippen molar-refractivity contribution in [1.82, 2.24) is 4.98 Å². The number of nitrogens with zero attached hydrogens (tertiary/aromatic N) is 1. The highest BCUT2D eigenvalue weighted by atomic mass is 16.1. The Labute approximate surface area is 87.9 Å². The lowest BCUT2D eigenvalue weighted by Gasteiger charge is -2.09. The van der Waals surface area contributed by atoms with Crippen LogP contribution in [0.15, 0.2) is 12.3 Å². The van der Waals surface area contributed by atoms with E-state index in [2.05, 4.69) is 10.3 Å². The summed E-state index contributed by atoms with van der Waals surface area (Å²) in [5.41, 5.74) is 11.8. The van der Waals surface area contributed by atoms with E-state index >= 15 is 0 Å². The van der Waals surface area contributed by atoms with Crippen LogP contribution >= 0.6 is 0 Å². The van der Waals surface area contributed by atoms with Gasteiger partial charge >= 0.3 is 0 Å². The Morgan fingerprint density at radius 3 is 2.93 bits per heavy atom. The van der Waals surface area contributed by atoms with Gasteiger partial charge in [-0.15, -0.1) is 0 Å². The fraction of sp³-hybridized carbons (Fsp3) is 0.400. The summed E-state index contributed by atoms with van der Waals surface area (Å²) in [5.74, 6) is 0.548. The molecule has 1 saturated carbocycles. The molecule has 15 heavy (non-hydrogen) atoms. The van der Waals surface area contributed by atoms with E-state index < -0.39 is 5.91 Å². The Morgan fingerprint density at radius 1 is 1.60 bits per heavy atom. The second-order valence-corrected chi connectivity index (χ2v) is 3.84. The summed E-state index contributed by atoms with van der Waals surface area (Å²) in [7, 11) is 0. The summed E-state index contributed by atoms with van der Waals surface area (Å²) in [6.07, 6.45) is 4.06. The average Bonchev–Trinajstić information content (AvgIpc) is 2.99. The van der Waals surface area contributed by atoms with Gasteiger partial charge in [-0.05, 0) is 24.8 Å². The monoisotopic (exact) mass is 206 g/mol. The van der Waals surface area contributed by atoms with Gasteiger partial charge < -0.3 is 16.8 Å². The summed E-state index contributed by atoms with van der Waals surface area (Å²) in [4.78, 5) is 15.1. The van der Waals surface area contributed by atoms with Gasteiger partial charge in [0.15, 0.2) is 0 Å². The van der Waals surface area contributed by atoms with Crippen LogP contribution in [0.1, 0.15) is 23.2 Å². The number of nitrogens with two attached hydrogens (primary N) is 2. The number of nitrogens with one attached hydrogen (secondary N) is 1. The van der Waals surface area contributed by atoms with Gasteiger partial charge in [0.2, 0.25) is 0 Å². The first-order valence-electron chi connectivity index (χ1n) is 4.96. The third-order valence-electron chi connectivity index (χ3n) is 2.47. The summed E-state index contributed by atoms with van der Waals surface area (Å²) in [5, 5.41) is 3.16. The van der Waals surface area contributed by atoms with Crippen molar-refractivity contribution in [2.24, 2.45) is 11.7 Å². The largest absolute Gasteiger partial charge is 0.384 e. The maximum absolute atomic E-state index is 11.1. The first kappa shape index (κ1) is 9.76. The number of amides is 1. The Morgan fingerprint density at radius 2 is 2.33 bits per heavy atom. The topological polar surface area (TPSA) is 94.0 Å². The van der Waals surface area contributed by atoms with Crippen LogP contribution in [0.5, 0.6) is 0 Å². The molecule has 2 rings (SSSR count). The van der Waals surface area contributed by atoms with E-state index in [1.165, 1.54) is 18.9 Å². The summed E-state index contributed by atoms with van der Waals surface area (Å²) in [6.45, 7) is 0.867. The highest BCUT2D eigenvalue weighted by Crippen LogP contribution is 2.29. The van der Waals surface area contributed by atoms with Crippen molar-refractivity contribution in [2.45, 2.75) is 12.8 Å². The Balaban J connectivity index is 2.15. The van der Waals surface area contributed by atoms with Crippen LogP contribution in [0.2, 0.25) is 0 Å². The molecule has 80 valence electrons. The average molecular weight is 206 g/mol. The maximum atomic E-state index is 11.1. The third kappa shape index (κ3) is 2.37. The minimum absolute atomic E-state index is 0.306. The SMILES string of the molecule is NC(=O)c1cc(N)ncc1NCC1CC1. The van der Waals surface area contributed by atoms with Crippen molar-refractivity contribution < 1.29 is 4.79 Å². The predicted molar refractivity (Wildman–Crippen MR) is 58.4 cm³/mol. The zero-order valence-corrected chi connectivity index (χ0v) is 8.36. The van der Waals surface area contributed by atoms with E-state index in [0.717, 1.165) is 12.5 Å². The summed E-state index contributed by atoms with van der Waals surface area (Å²) < 4.78 is 0. The van der Waals surface area contributed by atoms with E-state index in [-0.39, 0.29) is 0 Å². The minimum atomic E-state index is -0.484. The lowest BCUT2D eigenvalue weighted by molar-refractivity contribution is 0.100. The molecule has 1 amide bonds. The molecule has 1 heterocycles. The minimum Gasteiger partial charge on any atom is -0.384 e. The van der Waals surface area contributed by atoms with Crippen LogP contribution in [-0.4, -0.2) is 17.4 Å². The number of hydrogen-bond acceptors (Lipinski definition) is 4. The first-order valence-corrected chi connectivity index (χ1v) is 4.96. The van der Waals surface area contributed by atoms with Crippen LogP contribution in [0, 0.1) is 5.92 Å². The van der Waals surface area contributed by atoms with E-state index in [1.807, 2.05) is 0 Å². The van der Waals surface area contributed by atoms with Gasteiger partial charge in [-0.2, -0.15) is 0 Å². The quantitative estimate of drug-likeness (QED) is 0.671. The molecule has 1 aliphatic rings. The van der Waals surface area contributed by atoms with Crippen LogP contribution in [0.4, 0.5) is 11.5 Å². The molecule has 0 atom stereocenters. The summed E-state index contributed by atoms with van der Waals surface area (Å²) in [6, 6.07) is 1.50. The Bertz CT molecular complexity index is 387. The van der Waals surface area contributed by atoms with Crippen molar-refractivity contribution >= 4 is 17.4 Å². The van der Waals surface area contributed by atoms with Crippen molar-refractivity contribution in [3.05, 3.63) is 17.8 Å². The lowest BCUT2D eigenvalue weighted by Crippen LogP contribution is -2.16. The molecule has 0 spiro atoms. The molecule has 0 bridgehead atoms. The Kier molecular flexibility index (Phi) is 2.45. The molecule has 1 aliphatic carbocycles. The van der Waals surface area contributed by atoms with E-state index in [1.54, 1.807) is 6.20 Å². The zero-order valence-electron chi connectivity index (χ0n) is 8.36. The number of hydrogen-bond donors (Lipinski definition) is 3. The molecular formula is C10H14N4O. The zero-order chi connectivity index (χ0) is 10.8. The van der Waals surface area contributed by atoms with E-state index in [4.69, 9.17) is 11.5 Å². The van der Waals surface area contributed by atoms with Crippen molar-refractivity contribution in [3.63, 3.8) is 0 Å². The van der Waals surface area contributed by atoms with Gasteiger partial charge in [0, 0.05) is 6.54 Å². The number of rotatable bonds is 4. The maximum Gasteiger partial charge on any atom is 0.250 e. The van der Waals surface area contributed by atoms with Gasteiger partial charge in [0.05, 0.1) is 17.4 Å². The second kappa shape index (κ2) is 3.76. The van der Waals surface area contributed by atoms with Crippen LogP contribution in [0.25, 0.3) is 0 Å². The second-order valence-electron chi connectivity index (χ2n) is 3.84. The predicted octanol–water partition coefficient (Wildman–Crippen LogP) is 0.585. The standard InChI is InChI=1S/C10H14N4O/c11-9-3-7(10(12)15)8(5-14-9)13-4-6-1-2-6/h3,5-6,13H,1-2,4H2,(H2,11,14)(H2,12,15). The highest BCUT2D eigenvalue weighted by Gasteiger charge is 2.21. The molecule has 0 unspecified atom stereocenters. The van der Waals surface area contributed by atoms with Crippen LogP contribution < -0.4 is 16.8 Å². The van der Waals surface area contributed by atoms with Crippen LogP contribution in [0.3, 0.4) is 0 Å². The van der Waals surface area contributed by atoms with E-state index in [0.29, 0.717) is 17.1 Å².